The van der Waals surface area contributed by atoms with E-state index in [4.69, 9.17) is 4.74 Å². The Labute approximate surface area is 123 Å². The highest BCUT2D eigenvalue weighted by Crippen LogP contribution is 2.25. The maximum Gasteiger partial charge on any atom is 0.118 e. The SMILES string of the molecule is CCCNC1CCC(N(C)Cc2ccc(OC)cc2)C1. The van der Waals surface area contributed by atoms with Crippen LogP contribution in [0.5, 0.6) is 5.75 Å². The maximum absolute atomic E-state index is 5.20. The summed E-state index contributed by atoms with van der Waals surface area (Å²) in [6, 6.07) is 9.85. The van der Waals surface area contributed by atoms with E-state index in [0.29, 0.717) is 6.04 Å². The monoisotopic (exact) mass is 276 g/mol. The molecule has 2 rings (SSSR count). The quantitative estimate of drug-likeness (QED) is 0.828. The second-order valence-electron chi connectivity index (χ2n) is 5.88. The van der Waals surface area contributed by atoms with Gasteiger partial charge in [0.05, 0.1) is 7.11 Å². The molecule has 0 aliphatic heterocycles. The Morgan fingerprint density at radius 2 is 2.00 bits per heavy atom. The number of hydrogen-bond acceptors (Lipinski definition) is 3. The zero-order valence-corrected chi connectivity index (χ0v) is 13.1. The number of methoxy groups -OCH3 is 1. The Morgan fingerprint density at radius 1 is 1.25 bits per heavy atom. The molecule has 0 bridgehead atoms. The fourth-order valence-corrected chi connectivity index (χ4v) is 3.04. The molecule has 3 nitrogen and oxygen atoms in total. The van der Waals surface area contributed by atoms with E-state index in [0.717, 1.165) is 24.9 Å². The number of ether oxygens (including phenoxy) is 1. The first-order valence-electron chi connectivity index (χ1n) is 7.79. The molecule has 1 fully saturated rings. The van der Waals surface area contributed by atoms with Crippen LogP contribution in [-0.2, 0) is 6.54 Å². The summed E-state index contributed by atoms with van der Waals surface area (Å²) in [6.45, 7) is 4.41. The van der Waals surface area contributed by atoms with E-state index in [1.54, 1.807) is 7.11 Å². The van der Waals surface area contributed by atoms with E-state index in [-0.39, 0.29) is 0 Å². The Balaban J connectivity index is 1.81. The van der Waals surface area contributed by atoms with E-state index in [9.17, 15) is 0 Å². The third-order valence-corrected chi connectivity index (χ3v) is 4.30. The molecule has 1 aromatic carbocycles. The van der Waals surface area contributed by atoms with Crippen molar-refractivity contribution in [3.8, 4) is 5.75 Å². The molecule has 0 saturated heterocycles. The van der Waals surface area contributed by atoms with Crippen LogP contribution >= 0.6 is 0 Å². The molecule has 2 atom stereocenters. The van der Waals surface area contributed by atoms with Crippen LogP contribution in [0.3, 0.4) is 0 Å². The minimum absolute atomic E-state index is 0.714. The highest BCUT2D eigenvalue weighted by molar-refractivity contribution is 5.27. The van der Waals surface area contributed by atoms with Crippen molar-refractivity contribution in [1.82, 2.24) is 10.2 Å². The lowest BCUT2D eigenvalue weighted by molar-refractivity contribution is 0.233. The first-order valence-corrected chi connectivity index (χ1v) is 7.79. The van der Waals surface area contributed by atoms with Gasteiger partial charge in [0.25, 0.3) is 0 Å². The van der Waals surface area contributed by atoms with Gasteiger partial charge in [-0.2, -0.15) is 0 Å². The lowest BCUT2D eigenvalue weighted by atomic mass is 10.1. The van der Waals surface area contributed by atoms with Crippen molar-refractivity contribution in [1.29, 1.82) is 0 Å². The van der Waals surface area contributed by atoms with Crippen molar-refractivity contribution in [2.45, 2.75) is 51.2 Å². The van der Waals surface area contributed by atoms with E-state index in [1.165, 1.54) is 31.2 Å². The number of nitrogens with zero attached hydrogens (tertiary/aromatic N) is 1. The van der Waals surface area contributed by atoms with Crippen molar-refractivity contribution in [2.75, 3.05) is 20.7 Å². The van der Waals surface area contributed by atoms with Crippen LogP contribution in [0, 0.1) is 0 Å². The van der Waals surface area contributed by atoms with E-state index >= 15 is 0 Å². The van der Waals surface area contributed by atoms with Crippen LogP contribution in [-0.4, -0.2) is 37.7 Å². The molecule has 0 aromatic heterocycles. The average molecular weight is 276 g/mol. The zero-order chi connectivity index (χ0) is 14.4. The summed E-state index contributed by atoms with van der Waals surface area (Å²) in [5, 5.41) is 3.65. The molecule has 1 aliphatic carbocycles. The van der Waals surface area contributed by atoms with Crippen LogP contribution in [0.25, 0.3) is 0 Å². The third kappa shape index (κ3) is 4.22. The van der Waals surface area contributed by atoms with Gasteiger partial charge in [0.2, 0.25) is 0 Å². The van der Waals surface area contributed by atoms with Gasteiger partial charge in [-0.05, 0) is 57.0 Å². The molecule has 0 amide bonds. The summed E-state index contributed by atoms with van der Waals surface area (Å²) in [5.74, 6) is 0.932. The highest BCUT2D eigenvalue weighted by Gasteiger charge is 2.26. The van der Waals surface area contributed by atoms with Crippen LogP contribution in [0.2, 0.25) is 0 Å². The molecule has 0 heterocycles. The first kappa shape index (κ1) is 15.3. The summed E-state index contributed by atoms with van der Waals surface area (Å²) in [7, 11) is 3.96. The Bertz CT molecular complexity index is 390. The Hall–Kier alpha value is -1.06. The summed E-state index contributed by atoms with van der Waals surface area (Å²) < 4.78 is 5.20. The number of rotatable bonds is 7. The third-order valence-electron chi connectivity index (χ3n) is 4.30. The molecular weight excluding hydrogens is 248 g/mol. The standard InChI is InChI=1S/C17H28N2O/c1-4-11-18-15-7-8-16(12-15)19(2)13-14-5-9-17(20-3)10-6-14/h5-6,9-10,15-16,18H,4,7-8,11-13H2,1-3H3. The van der Waals surface area contributed by atoms with Crippen LogP contribution < -0.4 is 10.1 Å². The van der Waals surface area contributed by atoms with Gasteiger partial charge in [-0.1, -0.05) is 19.1 Å². The van der Waals surface area contributed by atoms with Gasteiger partial charge in [0.1, 0.15) is 5.75 Å². The zero-order valence-electron chi connectivity index (χ0n) is 13.1. The molecule has 0 spiro atoms. The van der Waals surface area contributed by atoms with Gasteiger partial charge < -0.3 is 10.1 Å². The molecule has 1 aliphatic rings. The molecule has 112 valence electrons. The lowest BCUT2D eigenvalue weighted by Gasteiger charge is -2.24. The van der Waals surface area contributed by atoms with Crippen molar-refractivity contribution in [3.05, 3.63) is 29.8 Å². The highest BCUT2D eigenvalue weighted by atomic mass is 16.5. The smallest absolute Gasteiger partial charge is 0.118 e. The fraction of sp³-hybridized carbons (Fsp3) is 0.647. The summed E-state index contributed by atoms with van der Waals surface area (Å²) >= 11 is 0. The van der Waals surface area contributed by atoms with Gasteiger partial charge >= 0.3 is 0 Å². The van der Waals surface area contributed by atoms with E-state index in [1.807, 2.05) is 12.1 Å². The number of benzene rings is 1. The van der Waals surface area contributed by atoms with E-state index < -0.39 is 0 Å². The molecule has 3 heteroatoms. The van der Waals surface area contributed by atoms with Gasteiger partial charge in [-0.25, -0.2) is 0 Å². The number of nitrogens with one attached hydrogen (secondary N) is 1. The van der Waals surface area contributed by atoms with Crippen molar-refractivity contribution >= 4 is 0 Å². The van der Waals surface area contributed by atoms with Crippen LogP contribution in [0.15, 0.2) is 24.3 Å². The van der Waals surface area contributed by atoms with Crippen molar-refractivity contribution in [2.24, 2.45) is 0 Å². The molecule has 20 heavy (non-hydrogen) atoms. The second kappa shape index (κ2) is 7.65. The topological polar surface area (TPSA) is 24.5 Å². The predicted octanol–water partition coefficient (Wildman–Crippen LogP) is 3.05. The fourth-order valence-electron chi connectivity index (χ4n) is 3.04. The molecule has 0 radical (unpaired) electrons. The van der Waals surface area contributed by atoms with Gasteiger partial charge in [-0.3, -0.25) is 4.90 Å². The minimum atomic E-state index is 0.714. The largest absolute Gasteiger partial charge is 0.497 e. The van der Waals surface area contributed by atoms with Gasteiger partial charge in [-0.15, -0.1) is 0 Å². The van der Waals surface area contributed by atoms with Crippen molar-refractivity contribution in [3.63, 3.8) is 0 Å². The number of hydrogen-bond donors (Lipinski definition) is 1. The summed E-state index contributed by atoms with van der Waals surface area (Å²) in [6.07, 6.45) is 5.14. The molecule has 2 unspecified atom stereocenters. The maximum atomic E-state index is 5.20. The molecule has 1 saturated carbocycles. The normalized spacial score (nSPS) is 22.4. The average Bonchev–Trinajstić information content (AvgIpc) is 2.95. The lowest BCUT2D eigenvalue weighted by Crippen LogP contribution is -2.32. The van der Waals surface area contributed by atoms with E-state index in [2.05, 4.69) is 36.3 Å². The van der Waals surface area contributed by atoms with Gasteiger partial charge in [0, 0.05) is 18.6 Å². The Kier molecular flexibility index (Phi) is 5.86. The molecule has 1 aromatic rings. The first-order chi connectivity index (χ1) is 9.72. The summed E-state index contributed by atoms with van der Waals surface area (Å²) in [4.78, 5) is 2.50. The van der Waals surface area contributed by atoms with Crippen LogP contribution in [0.4, 0.5) is 0 Å². The minimum Gasteiger partial charge on any atom is -0.497 e. The second-order valence-corrected chi connectivity index (χ2v) is 5.88. The van der Waals surface area contributed by atoms with Gasteiger partial charge in [0.15, 0.2) is 0 Å². The molecule has 1 N–H and O–H groups in total. The Morgan fingerprint density at radius 3 is 2.65 bits per heavy atom. The van der Waals surface area contributed by atoms with Crippen LogP contribution in [0.1, 0.15) is 38.2 Å². The van der Waals surface area contributed by atoms with Crippen molar-refractivity contribution < 1.29 is 4.74 Å². The molecular formula is C17H28N2O. The summed E-state index contributed by atoms with van der Waals surface area (Å²) in [5.41, 5.74) is 1.36. The predicted molar refractivity (Wildman–Crippen MR) is 84.2 cm³/mol.